The van der Waals surface area contributed by atoms with E-state index in [9.17, 15) is 14.0 Å². The fourth-order valence-electron chi connectivity index (χ4n) is 2.23. The van der Waals surface area contributed by atoms with Gasteiger partial charge in [0.25, 0.3) is 5.91 Å². The zero-order valence-electron chi connectivity index (χ0n) is 12.4. The molecule has 0 saturated carbocycles. The number of nitrogens with zero attached hydrogens (tertiary/aromatic N) is 2. The smallest absolute Gasteiger partial charge is 0.289 e. The molecule has 3 rings (SSSR count). The highest BCUT2D eigenvalue weighted by Gasteiger charge is 2.20. The molecule has 1 aliphatic heterocycles. The van der Waals surface area contributed by atoms with Gasteiger partial charge >= 0.3 is 0 Å². The molecule has 0 bridgehead atoms. The van der Waals surface area contributed by atoms with Crippen molar-refractivity contribution in [2.24, 2.45) is 0 Å². The Kier molecular flexibility index (Phi) is 4.36. The van der Waals surface area contributed by atoms with Gasteiger partial charge in [-0.2, -0.15) is 0 Å². The van der Waals surface area contributed by atoms with Crippen molar-refractivity contribution in [2.45, 2.75) is 12.8 Å². The highest BCUT2D eigenvalue weighted by atomic mass is 19.1. The van der Waals surface area contributed by atoms with Crippen molar-refractivity contribution in [1.82, 2.24) is 15.4 Å². The summed E-state index contributed by atoms with van der Waals surface area (Å²) < 4.78 is 17.9. The second-order valence-electron chi connectivity index (χ2n) is 5.32. The highest BCUT2D eigenvalue weighted by Crippen LogP contribution is 2.19. The van der Waals surface area contributed by atoms with Gasteiger partial charge in [-0.3, -0.25) is 9.59 Å². The van der Waals surface area contributed by atoms with E-state index < -0.39 is 5.91 Å². The zero-order chi connectivity index (χ0) is 16.2. The number of nitrogens with one attached hydrogen (secondary N) is 1. The summed E-state index contributed by atoms with van der Waals surface area (Å²) >= 11 is 0. The molecule has 23 heavy (non-hydrogen) atoms. The van der Waals surface area contributed by atoms with Crippen LogP contribution >= 0.6 is 0 Å². The maximum Gasteiger partial charge on any atom is 0.289 e. The predicted octanol–water partition coefficient (Wildman–Crippen LogP) is 1.83. The van der Waals surface area contributed by atoms with E-state index in [2.05, 4.69) is 10.5 Å². The predicted molar refractivity (Wildman–Crippen MR) is 80.0 cm³/mol. The Morgan fingerprint density at radius 1 is 1.26 bits per heavy atom. The average molecular weight is 317 g/mol. The van der Waals surface area contributed by atoms with E-state index in [1.54, 1.807) is 17.0 Å². The largest absolute Gasteiger partial charge is 0.350 e. The van der Waals surface area contributed by atoms with E-state index in [-0.39, 0.29) is 30.5 Å². The molecular formula is C16H16FN3O3. The molecule has 1 fully saturated rings. The van der Waals surface area contributed by atoms with Crippen LogP contribution in [0.5, 0.6) is 0 Å². The molecule has 0 unspecified atom stereocenters. The monoisotopic (exact) mass is 317 g/mol. The maximum absolute atomic E-state index is 12.9. The summed E-state index contributed by atoms with van der Waals surface area (Å²) in [5, 5.41) is 6.42. The Balaban J connectivity index is 1.53. The summed E-state index contributed by atoms with van der Waals surface area (Å²) in [7, 11) is 0. The number of rotatable bonds is 5. The fourth-order valence-corrected chi connectivity index (χ4v) is 2.23. The Labute approximate surface area is 132 Å². The molecule has 2 heterocycles. The minimum Gasteiger partial charge on any atom is -0.350 e. The molecule has 0 atom stereocenters. The molecule has 2 aromatic rings. The third-order valence-electron chi connectivity index (χ3n) is 3.71. The summed E-state index contributed by atoms with van der Waals surface area (Å²) in [6.45, 7) is 1.85. The van der Waals surface area contributed by atoms with Crippen molar-refractivity contribution in [3.05, 3.63) is 41.9 Å². The molecule has 6 nitrogen and oxygen atoms in total. The van der Waals surface area contributed by atoms with Gasteiger partial charge in [0.05, 0.1) is 0 Å². The van der Waals surface area contributed by atoms with Gasteiger partial charge < -0.3 is 14.7 Å². The first-order valence-corrected chi connectivity index (χ1v) is 7.42. The van der Waals surface area contributed by atoms with E-state index in [0.29, 0.717) is 11.3 Å². The minimum absolute atomic E-state index is 0.0427. The van der Waals surface area contributed by atoms with E-state index in [1.165, 1.54) is 18.2 Å². The Bertz CT molecular complexity index is 708. The topological polar surface area (TPSA) is 75.4 Å². The lowest BCUT2D eigenvalue weighted by Gasteiger charge is -2.30. The molecule has 1 aromatic carbocycles. The Morgan fingerprint density at radius 2 is 2.00 bits per heavy atom. The van der Waals surface area contributed by atoms with Crippen molar-refractivity contribution >= 4 is 11.8 Å². The average Bonchev–Trinajstić information content (AvgIpc) is 2.96. The number of carbonyl (C=O) groups excluding carboxylic acids is 2. The van der Waals surface area contributed by atoms with E-state index in [0.717, 1.165) is 19.5 Å². The zero-order valence-corrected chi connectivity index (χ0v) is 12.4. The number of halogens is 1. The molecule has 0 aliphatic carbocycles. The molecular weight excluding hydrogens is 301 g/mol. The first-order chi connectivity index (χ1) is 11.1. The molecule has 1 saturated heterocycles. The third kappa shape index (κ3) is 3.56. The maximum atomic E-state index is 12.9. The second-order valence-corrected chi connectivity index (χ2v) is 5.32. The molecule has 120 valence electrons. The van der Waals surface area contributed by atoms with Gasteiger partial charge in [-0.15, -0.1) is 0 Å². The summed E-state index contributed by atoms with van der Waals surface area (Å²) in [5.41, 5.74) is 1.11. The van der Waals surface area contributed by atoms with Crippen LogP contribution in [0.3, 0.4) is 0 Å². The SMILES string of the molecule is O=C(NCCC(=O)N1CCC1)c1cc(-c2ccc(F)cc2)no1. The quantitative estimate of drug-likeness (QED) is 0.913. The van der Waals surface area contributed by atoms with E-state index >= 15 is 0 Å². The van der Waals surface area contributed by atoms with Gasteiger partial charge in [0.2, 0.25) is 11.7 Å². The molecule has 0 radical (unpaired) electrons. The van der Waals surface area contributed by atoms with Crippen LogP contribution in [-0.2, 0) is 4.79 Å². The van der Waals surface area contributed by atoms with E-state index in [1.807, 2.05) is 0 Å². The number of amides is 2. The Hall–Kier alpha value is -2.70. The van der Waals surface area contributed by atoms with Gasteiger partial charge in [-0.25, -0.2) is 4.39 Å². The molecule has 1 N–H and O–H groups in total. The summed E-state index contributed by atoms with van der Waals surface area (Å²) in [6, 6.07) is 7.22. The van der Waals surface area contributed by atoms with Crippen LogP contribution < -0.4 is 5.32 Å². The third-order valence-corrected chi connectivity index (χ3v) is 3.71. The highest BCUT2D eigenvalue weighted by molar-refractivity contribution is 5.92. The molecule has 7 heteroatoms. The van der Waals surface area contributed by atoms with Crippen LogP contribution in [0.1, 0.15) is 23.4 Å². The standard InChI is InChI=1S/C16H16FN3O3/c17-12-4-2-11(3-5-12)13-10-14(23-19-13)16(22)18-7-6-15(21)20-8-1-9-20/h2-5,10H,1,6-9H2,(H,18,22). The van der Waals surface area contributed by atoms with Crippen LogP contribution in [0.4, 0.5) is 4.39 Å². The first-order valence-electron chi connectivity index (χ1n) is 7.42. The van der Waals surface area contributed by atoms with Gasteiger partial charge in [0.15, 0.2) is 0 Å². The van der Waals surface area contributed by atoms with Gasteiger partial charge in [0, 0.05) is 37.7 Å². The first kappa shape index (κ1) is 15.2. The van der Waals surface area contributed by atoms with Gasteiger partial charge in [-0.1, -0.05) is 5.16 Å². The summed E-state index contributed by atoms with van der Waals surface area (Å²) in [6.07, 6.45) is 1.31. The Morgan fingerprint density at radius 3 is 2.65 bits per heavy atom. The van der Waals surface area contributed by atoms with Gasteiger partial charge in [-0.05, 0) is 30.7 Å². The minimum atomic E-state index is -0.428. The number of aromatic nitrogens is 1. The molecule has 2 amide bonds. The summed E-state index contributed by atoms with van der Waals surface area (Å²) in [4.78, 5) is 25.4. The van der Waals surface area contributed by atoms with Crippen LogP contribution in [-0.4, -0.2) is 41.5 Å². The number of hydrogen-bond acceptors (Lipinski definition) is 4. The van der Waals surface area contributed by atoms with Crippen molar-refractivity contribution < 1.29 is 18.5 Å². The fraction of sp³-hybridized carbons (Fsp3) is 0.312. The normalized spacial score (nSPS) is 13.5. The molecule has 1 aliphatic rings. The van der Waals surface area contributed by atoms with E-state index in [4.69, 9.17) is 4.52 Å². The second kappa shape index (κ2) is 6.60. The van der Waals surface area contributed by atoms with Crippen molar-refractivity contribution in [3.8, 4) is 11.3 Å². The van der Waals surface area contributed by atoms with Crippen molar-refractivity contribution in [2.75, 3.05) is 19.6 Å². The van der Waals surface area contributed by atoms with Crippen LogP contribution in [0.15, 0.2) is 34.9 Å². The molecule has 1 aromatic heterocycles. The van der Waals surface area contributed by atoms with Crippen LogP contribution in [0, 0.1) is 5.82 Å². The van der Waals surface area contributed by atoms with Crippen LogP contribution in [0.2, 0.25) is 0 Å². The lowest BCUT2D eigenvalue weighted by atomic mass is 10.1. The summed E-state index contributed by atoms with van der Waals surface area (Å²) in [5.74, 6) is -0.675. The van der Waals surface area contributed by atoms with Crippen molar-refractivity contribution in [1.29, 1.82) is 0 Å². The van der Waals surface area contributed by atoms with Crippen LogP contribution in [0.25, 0.3) is 11.3 Å². The lowest BCUT2D eigenvalue weighted by molar-refractivity contribution is -0.134. The number of hydrogen-bond donors (Lipinski definition) is 1. The van der Waals surface area contributed by atoms with Crippen molar-refractivity contribution in [3.63, 3.8) is 0 Å². The van der Waals surface area contributed by atoms with Gasteiger partial charge in [0.1, 0.15) is 11.5 Å². The molecule has 0 spiro atoms. The lowest BCUT2D eigenvalue weighted by Crippen LogP contribution is -2.43. The number of benzene rings is 1. The number of likely N-dealkylation sites (tertiary alicyclic amines) is 1. The number of carbonyl (C=O) groups is 2.